The quantitative estimate of drug-likeness (QED) is 0.359. The molecule has 0 unspecified atom stereocenters. The number of rotatable bonds is 2. The Morgan fingerprint density at radius 2 is 2.17 bits per heavy atom. The van der Waals surface area contributed by atoms with Crippen LogP contribution in [0.4, 0.5) is 0 Å². The van der Waals surface area contributed by atoms with E-state index in [0.717, 1.165) is 0 Å². The molecule has 12 heavy (non-hydrogen) atoms. The molecule has 0 aliphatic heterocycles. The Labute approximate surface area is 69.2 Å². The average Bonchev–Trinajstić information content (AvgIpc) is 2.16. The Kier molecular flexibility index (Phi) is 2.68. The maximum absolute atomic E-state index is 10.2. The normalized spacial score (nSPS) is 10.4. The van der Waals surface area contributed by atoms with E-state index in [4.69, 9.17) is 5.26 Å². The lowest BCUT2D eigenvalue weighted by Gasteiger charge is -1.88. The van der Waals surface area contributed by atoms with Crippen molar-refractivity contribution in [3.05, 3.63) is 29.9 Å². The zero-order valence-electron chi connectivity index (χ0n) is 6.14. The molecule has 1 aromatic rings. The van der Waals surface area contributed by atoms with Gasteiger partial charge in [0.25, 0.3) is 0 Å². The molecular weight excluding hydrogens is 154 g/mol. The van der Waals surface area contributed by atoms with Crippen LogP contribution in [0.2, 0.25) is 0 Å². The molecule has 0 atom stereocenters. The molecule has 0 bridgehead atoms. The highest BCUT2D eigenvalue weighted by molar-refractivity contribution is 5.86. The zero-order valence-corrected chi connectivity index (χ0v) is 6.14. The second-order valence-corrected chi connectivity index (χ2v) is 2.00. The predicted molar refractivity (Wildman–Crippen MR) is 41.7 cm³/mol. The fourth-order valence-corrected chi connectivity index (χ4v) is 0.657. The van der Waals surface area contributed by atoms with Crippen LogP contribution in [0.3, 0.4) is 0 Å². The van der Waals surface area contributed by atoms with Gasteiger partial charge in [-0.25, -0.2) is 9.97 Å². The van der Waals surface area contributed by atoms with Crippen LogP contribution < -0.4 is 0 Å². The van der Waals surface area contributed by atoms with Gasteiger partial charge in [-0.2, -0.15) is 5.26 Å². The molecule has 0 spiro atoms. The average molecular weight is 159 g/mol. The largest absolute Gasteiger partial charge is 0.297 e. The number of hydrogen-bond acceptors (Lipinski definition) is 4. The maximum atomic E-state index is 10.2. The van der Waals surface area contributed by atoms with Crippen molar-refractivity contribution in [3.63, 3.8) is 0 Å². The number of nitriles is 1. The summed E-state index contributed by atoms with van der Waals surface area (Å²) in [5, 5.41) is 8.40. The first-order valence-electron chi connectivity index (χ1n) is 3.19. The smallest absolute Gasteiger partial charge is 0.160 e. The summed E-state index contributed by atoms with van der Waals surface area (Å²) in [4.78, 5) is 17.7. The number of aromatic nitrogens is 2. The molecule has 0 aromatic carbocycles. The third-order valence-corrected chi connectivity index (χ3v) is 1.16. The molecule has 0 saturated carbocycles. The number of aldehydes is 1. The van der Waals surface area contributed by atoms with Crippen molar-refractivity contribution in [1.82, 2.24) is 9.97 Å². The van der Waals surface area contributed by atoms with Gasteiger partial charge in [-0.05, 0) is 6.08 Å². The number of hydrogen-bond donors (Lipinski definition) is 0. The highest BCUT2D eigenvalue weighted by Crippen LogP contribution is 2.00. The number of nitrogens with zero attached hydrogens (tertiary/aromatic N) is 3. The van der Waals surface area contributed by atoms with Crippen molar-refractivity contribution in [2.24, 2.45) is 0 Å². The van der Waals surface area contributed by atoms with E-state index >= 15 is 0 Å². The SMILES string of the molecule is N#C/C(C=O)=C\c1cncnc1. The minimum Gasteiger partial charge on any atom is -0.297 e. The van der Waals surface area contributed by atoms with Gasteiger partial charge in [0.1, 0.15) is 12.4 Å². The summed E-state index contributed by atoms with van der Waals surface area (Å²) in [6.45, 7) is 0. The fourth-order valence-electron chi connectivity index (χ4n) is 0.657. The molecule has 1 aromatic heterocycles. The maximum Gasteiger partial charge on any atom is 0.160 e. The molecule has 1 heterocycles. The zero-order chi connectivity index (χ0) is 8.81. The highest BCUT2D eigenvalue weighted by Gasteiger charge is 1.92. The van der Waals surface area contributed by atoms with Crippen LogP contribution in [0, 0.1) is 11.3 Å². The van der Waals surface area contributed by atoms with Crippen molar-refractivity contribution >= 4 is 12.4 Å². The number of carbonyl (C=O) groups excluding carboxylic acids is 1. The summed E-state index contributed by atoms with van der Waals surface area (Å²) >= 11 is 0. The summed E-state index contributed by atoms with van der Waals surface area (Å²) in [6.07, 6.45) is 6.34. The van der Waals surface area contributed by atoms with Gasteiger partial charge in [0.2, 0.25) is 0 Å². The fraction of sp³-hybridized carbons (Fsp3) is 0. The first kappa shape index (κ1) is 8.08. The lowest BCUT2D eigenvalue weighted by atomic mass is 10.2. The topological polar surface area (TPSA) is 66.6 Å². The van der Waals surface area contributed by atoms with E-state index in [1.54, 1.807) is 6.07 Å². The van der Waals surface area contributed by atoms with Gasteiger partial charge in [-0.1, -0.05) is 0 Å². The third kappa shape index (κ3) is 1.99. The minimum absolute atomic E-state index is 0.0600. The second kappa shape index (κ2) is 3.98. The van der Waals surface area contributed by atoms with Crippen molar-refractivity contribution in [2.75, 3.05) is 0 Å². The number of carbonyl (C=O) groups is 1. The van der Waals surface area contributed by atoms with E-state index in [9.17, 15) is 4.79 Å². The van der Waals surface area contributed by atoms with Gasteiger partial charge in [0, 0.05) is 18.0 Å². The van der Waals surface area contributed by atoms with E-state index < -0.39 is 0 Å². The Hall–Kier alpha value is -2.02. The lowest BCUT2D eigenvalue weighted by molar-refractivity contribution is -0.104. The Morgan fingerprint density at radius 1 is 1.50 bits per heavy atom. The molecule has 0 radical (unpaired) electrons. The summed E-state index contributed by atoms with van der Waals surface area (Å²) in [6, 6.07) is 1.74. The van der Waals surface area contributed by atoms with Crippen molar-refractivity contribution in [3.8, 4) is 6.07 Å². The van der Waals surface area contributed by atoms with Gasteiger partial charge < -0.3 is 0 Å². The van der Waals surface area contributed by atoms with Crippen molar-refractivity contribution < 1.29 is 4.79 Å². The van der Waals surface area contributed by atoms with Crippen molar-refractivity contribution in [1.29, 1.82) is 5.26 Å². The van der Waals surface area contributed by atoms with Crippen LogP contribution in [0.1, 0.15) is 5.56 Å². The van der Waals surface area contributed by atoms with Crippen LogP contribution in [0.25, 0.3) is 6.08 Å². The minimum atomic E-state index is 0.0600. The van der Waals surface area contributed by atoms with Crippen LogP contribution >= 0.6 is 0 Å². The van der Waals surface area contributed by atoms with Gasteiger partial charge >= 0.3 is 0 Å². The molecule has 0 amide bonds. The van der Waals surface area contributed by atoms with Crippen LogP contribution in [0.5, 0.6) is 0 Å². The molecule has 58 valence electrons. The molecule has 1 rings (SSSR count). The Morgan fingerprint density at radius 3 is 2.67 bits per heavy atom. The highest BCUT2D eigenvalue weighted by atomic mass is 16.1. The van der Waals surface area contributed by atoms with Crippen molar-refractivity contribution in [2.45, 2.75) is 0 Å². The van der Waals surface area contributed by atoms with Gasteiger partial charge in [-0.3, -0.25) is 4.79 Å². The lowest BCUT2D eigenvalue weighted by Crippen LogP contribution is -1.82. The van der Waals surface area contributed by atoms with Crippen LogP contribution in [-0.4, -0.2) is 16.3 Å². The molecule has 0 saturated heterocycles. The van der Waals surface area contributed by atoms with E-state index in [1.165, 1.54) is 24.8 Å². The van der Waals surface area contributed by atoms with E-state index in [-0.39, 0.29) is 5.57 Å². The predicted octanol–water partition coefficient (Wildman–Crippen LogP) is 0.582. The third-order valence-electron chi connectivity index (χ3n) is 1.16. The van der Waals surface area contributed by atoms with Gasteiger partial charge in [0.15, 0.2) is 6.29 Å². The molecule has 4 heteroatoms. The summed E-state index contributed by atoms with van der Waals surface area (Å²) in [5.74, 6) is 0. The molecule has 0 aliphatic carbocycles. The second-order valence-electron chi connectivity index (χ2n) is 2.00. The monoisotopic (exact) mass is 159 g/mol. The first-order chi connectivity index (χ1) is 5.86. The molecule has 0 aliphatic rings. The summed E-state index contributed by atoms with van der Waals surface area (Å²) in [5.41, 5.74) is 0.700. The summed E-state index contributed by atoms with van der Waals surface area (Å²) < 4.78 is 0. The van der Waals surface area contributed by atoms with Gasteiger partial charge in [-0.15, -0.1) is 0 Å². The Balaban J connectivity index is 2.96. The van der Waals surface area contributed by atoms with E-state index in [2.05, 4.69) is 9.97 Å². The Bertz CT molecular complexity index is 337. The van der Waals surface area contributed by atoms with E-state index in [0.29, 0.717) is 11.8 Å². The number of allylic oxidation sites excluding steroid dienone is 1. The van der Waals surface area contributed by atoms with Crippen LogP contribution in [-0.2, 0) is 4.79 Å². The summed E-state index contributed by atoms with van der Waals surface area (Å²) in [7, 11) is 0. The first-order valence-corrected chi connectivity index (χ1v) is 3.19. The van der Waals surface area contributed by atoms with Crippen LogP contribution in [0.15, 0.2) is 24.3 Å². The molecule has 0 fully saturated rings. The van der Waals surface area contributed by atoms with E-state index in [1.807, 2.05) is 0 Å². The van der Waals surface area contributed by atoms with Gasteiger partial charge in [0.05, 0.1) is 5.57 Å². The standard InChI is InChI=1S/C8H5N3O/c9-2-7(5-12)1-8-3-10-6-11-4-8/h1,3-6H/b7-1+. The molecular formula is C8H5N3O. The molecule has 4 nitrogen and oxygen atoms in total. The molecule has 0 N–H and O–H groups in total.